The van der Waals surface area contributed by atoms with Crippen molar-refractivity contribution in [1.82, 2.24) is 25.2 Å². The first-order valence-corrected chi connectivity index (χ1v) is 6.42. The molecule has 0 saturated carbocycles. The fraction of sp³-hybridized carbons (Fsp3) is 0.143. The molecule has 6 nitrogen and oxygen atoms in total. The van der Waals surface area contributed by atoms with E-state index in [1.807, 2.05) is 49.4 Å². The van der Waals surface area contributed by atoms with Crippen molar-refractivity contribution in [2.75, 3.05) is 11.9 Å². The van der Waals surface area contributed by atoms with Gasteiger partial charge in [0.2, 0.25) is 0 Å². The molecule has 20 heavy (non-hydrogen) atoms. The van der Waals surface area contributed by atoms with E-state index in [-0.39, 0.29) is 0 Å². The Morgan fingerprint density at radius 2 is 1.90 bits per heavy atom. The predicted molar refractivity (Wildman–Crippen MR) is 76.5 cm³/mol. The van der Waals surface area contributed by atoms with E-state index in [4.69, 9.17) is 0 Å². The molecule has 0 amide bonds. The molecular formula is C14H14N6. The van der Waals surface area contributed by atoms with Crippen LogP contribution in [0.5, 0.6) is 0 Å². The van der Waals surface area contributed by atoms with Crippen LogP contribution in [0.3, 0.4) is 0 Å². The lowest BCUT2D eigenvalue weighted by Gasteiger charge is -2.06. The van der Waals surface area contributed by atoms with Crippen LogP contribution >= 0.6 is 0 Å². The molecule has 0 fully saturated rings. The fourth-order valence-electron chi connectivity index (χ4n) is 1.91. The average molecular weight is 266 g/mol. The van der Waals surface area contributed by atoms with E-state index < -0.39 is 0 Å². The number of benzene rings is 1. The first-order chi connectivity index (χ1) is 9.88. The first-order valence-electron chi connectivity index (χ1n) is 6.42. The lowest BCUT2D eigenvalue weighted by molar-refractivity contribution is 0.804. The van der Waals surface area contributed by atoms with Gasteiger partial charge < -0.3 is 5.32 Å². The molecule has 2 heterocycles. The van der Waals surface area contributed by atoms with Crippen molar-refractivity contribution in [1.29, 1.82) is 0 Å². The van der Waals surface area contributed by atoms with Gasteiger partial charge in [0, 0.05) is 6.54 Å². The van der Waals surface area contributed by atoms with Gasteiger partial charge in [0.25, 0.3) is 0 Å². The van der Waals surface area contributed by atoms with E-state index in [0.717, 1.165) is 29.4 Å². The van der Waals surface area contributed by atoms with Crippen molar-refractivity contribution in [2.45, 2.75) is 6.92 Å². The number of aromatic nitrogens is 5. The van der Waals surface area contributed by atoms with Crippen molar-refractivity contribution in [3.63, 3.8) is 0 Å². The molecule has 0 unspecified atom stereocenters. The van der Waals surface area contributed by atoms with Crippen LogP contribution < -0.4 is 5.32 Å². The number of anilines is 1. The topological polar surface area (TPSA) is 68.5 Å². The summed E-state index contributed by atoms with van der Waals surface area (Å²) in [4.78, 5) is 0. The summed E-state index contributed by atoms with van der Waals surface area (Å²) in [5, 5.41) is 19.5. The molecule has 1 aromatic carbocycles. The van der Waals surface area contributed by atoms with E-state index in [9.17, 15) is 0 Å². The summed E-state index contributed by atoms with van der Waals surface area (Å²) in [5.41, 5.74) is 2.49. The first kappa shape index (κ1) is 12.3. The predicted octanol–water partition coefficient (Wildman–Crippen LogP) is 2.16. The van der Waals surface area contributed by atoms with E-state index in [1.54, 1.807) is 10.9 Å². The Hall–Kier alpha value is -2.76. The van der Waals surface area contributed by atoms with Gasteiger partial charge in [-0.2, -0.15) is 0 Å². The maximum Gasteiger partial charge on any atom is 0.148 e. The molecule has 0 spiro atoms. The Morgan fingerprint density at radius 3 is 2.60 bits per heavy atom. The van der Waals surface area contributed by atoms with Crippen LogP contribution in [0.2, 0.25) is 0 Å². The van der Waals surface area contributed by atoms with Crippen molar-refractivity contribution >= 4 is 5.82 Å². The summed E-state index contributed by atoms with van der Waals surface area (Å²) in [6, 6.07) is 13.6. The van der Waals surface area contributed by atoms with Gasteiger partial charge in [0.05, 0.1) is 11.9 Å². The van der Waals surface area contributed by atoms with Crippen molar-refractivity contribution < 1.29 is 0 Å². The zero-order valence-electron chi connectivity index (χ0n) is 11.1. The number of hydrogen-bond donors (Lipinski definition) is 1. The molecule has 2 aromatic heterocycles. The van der Waals surface area contributed by atoms with Gasteiger partial charge in [-0.1, -0.05) is 23.4 Å². The second-order valence-electron chi connectivity index (χ2n) is 4.20. The standard InChI is InChI=1S/C14H14N6/c1-2-15-14-9-8-12(17-18-14)13-10-16-19-20(13)11-6-4-3-5-7-11/h3-10H,2H2,1H3,(H,15,18). The molecule has 100 valence electrons. The molecule has 0 bridgehead atoms. The quantitative estimate of drug-likeness (QED) is 0.783. The van der Waals surface area contributed by atoms with Crippen LogP contribution in [0, 0.1) is 0 Å². The summed E-state index contributed by atoms with van der Waals surface area (Å²) in [5.74, 6) is 0.759. The minimum Gasteiger partial charge on any atom is -0.369 e. The number of nitrogens with one attached hydrogen (secondary N) is 1. The summed E-state index contributed by atoms with van der Waals surface area (Å²) < 4.78 is 1.75. The van der Waals surface area contributed by atoms with Crippen LogP contribution in [-0.4, -0.2) is 31.7 Å². The van der Waals surface area contributed by atoms with Crippen molar-refractivity contribution in [3.05, 3.63) is 48.7 Å². The van der Waals surface area contributed by atoms with Crippen LogP contribution in [0.25, 0.3) is 17.1 Å². The van der Waals surface area contributed by atoms with Gasteiger partial charge in [-0.15, -0.1) is 15.3 Å². The molecular weight excluding hydrogens is 252 g/mol. The minimum atomic E-state index is 0.737. The molecule has 0 atom stereocenters. The molecule has 0 saturated heterocycles. The number of nitrogens with zero attached hydrogens (tertiary/aromatic N) is 5. The van der Waals surface area contributed by atoms with Gasteiger partial charge in [-0.3, -0.25) is 0 Å². The van der Waals surface area contributed by atoms with Gasteiger partial charge in [0.15, 0.2) is 0 Å². The van der Waals surface area contributed by atoms with Gasteiger partial charge in [-0.25, -0.2) is 4.68 Å². The highest BCUT2D eigenvalue weighted by atomic mass is 15.4. The highest BCUT2D eigenvalue weighted by molar-refractivity contribution is 5.57. The van der Waals surface area contributed by atoms with Gasteiger partial charge in [0.1, 0.15) is 17.2 Å². The molecule has 0 aliphatic rings. The second-order valence-corrected chi connectivity index (χ2v) is 4.20. The fourth-order valence-corrected chi connectivity index (χ4v) is 1.91. The lowest BCUT2D eigenvalue weighted by atomic mass is 10.2. The van der Waals surface area contributed by atoms with Gasteiger partial charge >= 0.3 is 0 Å². The maximum atomic E-state index is 4.21. The Bertz CT molecular complexity index is 674. The SMILES string of the molecule is CCNc1ccc(-c2cnnn2-c2ccccc2)nn1. The maximum absolute atomic E-state index is 4.21. The third-order valence-corrected chi connectivity index (χ3v) is 2.83. The zero-order chi connectivity index (χ0) is 13.8. The Labute approximate surface area is 116 Å². The van der Waals surface area contributed by atoms with Crippen LogP contribution in [-0.2, 0) is 0 Å². The molecule has 0 radical (unpaired) electrons. The molecule has 0 aliphatic heterocycles. The summed E-state index contributed by atoms with van der Waals surface area (Å²) in [6.07, 6.45) is 1.68. The third kappa shape index (κ3) is 2.35. The number of hydrogen-bond acceptors (Lipinski definition) is 5. The van der Waals surface area contributed by atoms with Crippen molar-refractivity contribution in [2.24, 2.45) is 0 Å². The van der Waals surface area contributed by atoms with Crippen LogP contribution in [0.4, 0.5) is 5.82 Å². The molecule has 1 N–H and O–H groups in total. The minimum absolute atomic E-state index is 0.737. The van der Waals surface area contributed by atoms with E-state index in [0.29, 0.717) is 0 Å². The Morgan fingerprint density at radius 1 is 1.05 bits per heavy atom. The highest BCUT2D eigenvalue weighted by Gasteiger charge is 2.10. The zero-order valence-corrected chi connectivity index (χ0v) is 11.1. The smallest absolute Gasteiger partial charge is 0.148 e. The molecule has 0 aliphatic carbocycles. The van der Waals surface area contributed by atoms with Crippen LogP contribution in [0.15, 0.2) is 48.7 Å². The second kappa shape index (κ2) is 5.48. The Balaban J connectivity index is 1.97. The number of rotatable bonds is 4. The lowest BCUT2D eigenvalue weighted by Crippen LogP contribution is -2.03. The van der Waals surface area contributed by atoms with Crippen molar-refractivity contribution in [3.8, 4) is 17.1 Å². The third-order valence-electron chi connectivity index (χ3n) is 2.83. The summed E-state index contributed by atoms with van der Waals surface area (Å²) in [6.45, 7) is 2.83. The summed E-state index contributed by atoms with van der Waals surface area (Å²) >= 11 is 0. The van der Waals surface area contributed by atoms with Crippen LogP contribution in [0.1, 0.15) is 6.92 Å². The molecule has 3 aromatic rings. The normalized spacial score (nSPS) is 10.4. The van der Waals surface area contributed by atoms with E-state index >= 15 is 0 Å². The summed E-state index contributed by atoms with van der Waals surface area (Å²) in [7, 11) is 0. The van der Waals surface area contributed by atoms with Gasteiger partial charge in [-0.05, 0) is 31.2 Å². The van der Waals surface area contributed by atoms with E-state index in [1.165, 1.54) is 0 Å². The molecule has 6 heteroatoms. The highest BCUT2D eigenvalue weighted by Crippen LogP contribution is 2.19. The van der Waals surface area contributed by atoms with E-state index in [2.05, 4.69) is 25.8 Å². The largest absolute Gasteiger partial charge is 0.369 e. The average Bonchev–Trinajstić information content (AvgIpc) is 2.99. The molecule has 3 rings (SSSR count). The Kier molecular flexibility index (Phi) is 3.36. The number of para-hydroxylation sites is 1. The monoisotopic (exact) mass is 266 g/mol.